The second kappa shape index (κ2) is 5.81. The standard InChI is InChI=1S/C16H17N3O2S/c1-10(19-8-6-11-4-2-3-5-13(11)19)15(21)18-16-12(14(17)20)7-9-22-16/h2-5,7,9-10H,6,8H2,1H3,(H2,17,20)(H,18,21). The summed E-state index contributed by atoms with van der Waals surface area (Å²) >= 11 is 1.30. The molecule has 2 aromatic rings. The minimum absolute atomic E-state index is 0.137. The fraction of sp³-hybridized carbons (Fsp3) is 0.250. The van der Waals surface area contributed by atoms with E-state index < -0.39 is 5.91 Å². The molecule has 0 radical (unpaired) electrons. The van der Waals surface area contributed by atoms with Crippen molar-refractivity contribution in [2.45, 2.75) is 19.4 Å². The van der Waals surface area contributed by atoms with Gasteiger partial charge in [0.1, 0.15) is 11.0 Å². The van der Waals surface area contributed by atoms with E-state index >= 15 is 0 Å². The first-order valence-corrected chi connectivity index (χ1v) is 7.98. The summed E-state index contributed by atoms with van der Waals surface area (Å²) in [7, 11) is 0. The molecule has 3 N–H and O–H groups in total. The van der Waals surface area contributed by atoms with Crippen LogP contribution in [0, 0.1) is 0 Å². The van der Waals surface area contributed by atoms with Crippen molar-refractivity contribution in [2.24, 2.45) is 5.73 Å². The van der Waals surface area contributed by atoms with Gasteiger partial charge in [0, 0.05) is 12.2 Å². The molecule has 1 aliphatic heterocycles. The Labute approximate surface area is 132 Å². The van der Waals surface area contributed by atoms with E-state index in [1.54, 1.807) is 11.4 Å². The number of carbonyl (C=O) groups excluding carboxylic acids is 2. The maximum atomic E-state index is 12.5. The van der Waals surface area contributed by atoms with Crippen molar-refractivity contribution in [1.82, 2.24) is 0 Å². The summed E-state index contributed by atoms with van der Waals surface area (Å²) in [6.45, 7) is 2.69. The first-order chi connectivity index (χ1) is 10.6. The first-order valence-electron chi connectivity index (χ1n) is 7.10. The quantitative estimate of drug-likeness (QED) is 0.908. The van der Waals surface area contributed by atoms with Crippen LogP contribution in [0.25, 0.3) is 0 Å². The lowest BCUT2D eigenvalue weighted by Crippen LogP contribution is -2.41. The molecule has 1 atom stereocenters. The number of amides is 2. The molecule has 3 rings (SSSR count). The highest BCUT2D eigenvalue weighted by atomic mass is 32.1. The predicted octanol–water partition coefficient (Wildman–Crippen LogP) is 2.24. The van der Waals surface area contributed by atoms with Crippen LogP contribution in [0.15, 0.2) is 35.7 Å². The van der Waals surface area contributed by atoms with Gasteiger partial charge in [-0.05, 0) is 36.4 Å². The van der Waals surface area contributed by atoms with Crippen LogP contribution in [0.3, 0.4) is 0 Å². The number of hydrogen-bond acceptors (Lipinski definition) is 4. The molecule has 0 bridgehead atoms. The minimum atomic E-state index is -0.532. The molecule has 1 unspecified atom stereocenters. The number of nitrogens with zero attached hydrogens (tertiary/aromatic N) is 1. The van der Waals surface area contributed by atoms with Gasteiger partial charge in [0.15, 0.2) is 0 Å². The zero-order chi connectivity index (χ0) is 15.7. The lowest BCUT2D eigenvalue weighted by atomic mass is 10.1. The SMILES string of the molecule is CC(C(=O)Nc1sccc1C(N)=O)N1CCc2ccccc21. The van der Waals surface area contributed by atoms with Crippen LogP contribution < -0.4 is 16.0 Å². The molecule has 2 heterocycles. The topological polar surface area (TPSA) is 75.4 Å². The van der Waals surface area contributed by atoms with Crippen molar-refractivity contribution < 1.29 is 9.59 Å². The number of anilines is 2. The van der Waals surface area contributed by atoms with Crippen LogP contribution in [0.2, 0.25) is 0 Å². The molecule has 0 spiro atoms. The Morgan fingerprint density at radius 1 is 1.32 bits per heavy atom. The fourth-order valence-corrected chi connectivity index (χ4v) is 3.52. The Balaban J connectivity index is 1.76. The highest BCUT2D eigenvalue weighted by Gasteiger charge is 2.28. The number of para-hydroxylation sites is 1. The van der Waals surface area contributed by atoms with Crippen LogP contribution in [0.4, 0.5) is 10.7 Å². The van der Waals surface area contributed by atoms with Crippen molar-refractivity contribution in [3.8, 4) is 0 Å². The second-order valence-corrected chi connectivity index (χ2v) is 6.18. The number of nitrogens with one attached hydrogen (secondary N) is 1. The highest BCUT2D eigenvalue weighted by molar-refractivity contribution is 7.14. The molecule has 114 valence electrons. The lowest BCUT2D eigenvalue weighted by Gasteiger charge is -2.26. The number of benzene rings is 1. The van der Waals surface area contributed by atoms with Gasteiger partial charge < -0.3 is 16.0 Å². The van der Waals surface area contributed by atoms with Gasteiger partial charge in [-0.15, -0.1) is 11.3 Å². The van der Waals surface area contributed by atoms with Gasteiger partial charge in [-0.25, -0.2) is 0 Å². The molecule has 0 fully saturated rings. The normalized spacial score (nSPS) is 14.5. The fourth-order valence-electron chi connectivity index (χ4n) is 2.72. The molecule has 0 aliphatic carbocycles. The van der Waals surface area contributed by atoms with E-state index in [4.69, 9.17) is 5.73 Å². The first kappa shape index (κ1) is 14.6. The maximum absolute atomic E-state index is 12.5. The molecular formula is C16H17N3O2S. The summed E-state index contributed by atoms with van der Waals surface area (Å²) in [5.41, 5.74) is 8.02. The molecule has 0 saturated carbocycles. The maximum Gasteiger partial charge on any atom is 0.251 e. The van der Waals surface area contributed by atoms with Gasteiger partial charge in [-0.1, -0.05) is 18.2 Å². The van der Waals surface area contributed by atoms with Crippen molar-refractivity contribution in [3.05, 3.63) is 46.8 Å². The molecule has 5 nitrogen and oxygen atoms in total. The van der Waals surface area contributed by atoms with Gasteiger partial charge in [0.25, 0.3) is 5.91 Å². The van der Waals surface area contributed by atoms with Crippen molar-refractivity contribution in [1.29, 1.82) is 0 Å². The Kier molecular flexibility index (Phi) is 3.85. The predicted molar refractivity (Wildman–Crippen MR) is 88.4 cm³/mol. The Hall–Kier alpha value is -2.34. The van der Waals surface area contributed by atoms with Gasteiger partial charge >= 0.3 is 0 Å². The van der Waals surface area contributed by atoms with Gasteiger partial charge in [-0.3, -0.25) is 9.59 Å². The van der Waals surface area contributed by atoms with E-state index in [1.807, 2.05) is 25.1 Å². The number of nitrogens with two attached hydrogens (primary N) is 1. The Bertz CT molecular complexity index is 726. The largest absolute Gasteiger partial charge is 0.366 e. The molecule has 2 amide bonds. The van der Waals surface area contributed by atoms with E-state index in [1.165, 1.54) is 16.9 Å². The molecular weight excluding hydrogens is 298 g/mol. The van der Waals surface area contributed by atoms with Crippen molar-refractivity contribution in [2.75, 3.05) is 16.8 Å². The summed E-state index contributed by atoms with van der Waals surface area (Å²) in [5.74, 6) is -0.669. The van der Waals surface area contributed by atoms with Crippen LogP contribution in [0.5, 0.6) is 0 Å². The summed E-state index contributed by atoms with van der Waals surface area (Å²) < 4.78 is 0. The van der Waals surface area contributed by atoms with E-state index in [-0.39, 0.29) is 11.9 Å². The number of primary amides is 1. The average Bonchev–Trinajstić information content (AvgIpc) is 3.12. The van der Waals surface area contributed by atoms with E-state index in [9.17, 15) is 9.59 Å². The molecule has 1 aliphatic rings. The summed E-state index contributed by atoms with van der Waals surface area (Å²) in [4.78, 5) is 25.9. The zero-order valence-electron chi connectivity index (χ0n) is 12.2. The number of thiophene rings is 1. The Morgan fingerprint density at radius 3 is 2.86 bits per heavy atom. The summed E-state index contributed by atoms with van der Waals surface area (Å²) in [5, 5.41) is 5.07. The van der Waals surface area contributed by atoms with Crippen LogP contribution in [-0.2, 0) is 11.2 Å². The van der Waals surface area contributed by atoms with Crippen molar-refractivity contribution in [3.63, 3.8) is 0 Å². The van der Waals surface area contributed by atoms with E-state index in [0.717, 1.165) is 18.7 Å². The molecule has 1 aromatic carbocycles. The number of fused-ring (bicyclic) bond motifs is 1. The second-order valence-electron chi connectivity index (χ2n) is 5.26. The minimum Gasteiger partial charge on any atom is -0.366 e. The number of carbonyl (C=O) groups is 2. The monoisotopic (exact) mass is 315 g/mol. The van der Waals surface area contributed by atoms with Gasteiger partial charge in [0.05, 0.1) is 5.56 Å². The molecule has 1 aromatic heterocycles. The third-order valence-corrected chi connectivity index (χ3v) is 4.77. The van der Waals surface area contributed by atoms with Gasteiger partial charge in [0.2, 0.25) is 5.91 Å². The summed E-state index contributed by atoms with van der Waals surface area (Å²) in [6, 6.07) is 9.42. The van der Waals surface area contributed by atoms with Crippen molar-refractivity contribution >= 4 is 33.8 Å². The van der Waals surface area contributed by atoms with Crippen LogP contribution in [-0.4, -0.2) is 24.4 Å². The van der Waals surface area contributed by atoms with E-state index in [2.05, 4.69) is 16.3 Å². The Morgan fingerprint density at radius 2 is 2.09 bits per heavy atom. The third-order valence-electron chi connectivity index (χ3n) is 3.94. The summed E-state index contributed by atoms with van der Waals surface area (Å²) in [6.07, 6.45) is 0.944. The van der Waals surface area contributed by atoms with Gasteiger partial charge in [-0.2, -0.15) is 0 Å². The third kappa shape index (κ3) is 2.57. The van der Waals surface area contributed by atoms with E-state index in [0.29, 0.717) is 10.6 Å². The highest BCUT2D eigenvalue weighted by Crippen LogP contribution is 2.30. The number of hydrogen-bond donors (Lipinski definition) is 2. The average molecular weight is 315 g/mol. The smallest absolute Gasteiger partial charge is 0.251 e. The zero-order valence-corrected chi connectivity index (χ0v) is 13.0. The number of rotatable bonds is 4. The lowest BCUT2D eigenvalue weighted by molar-refractivity contribution is -0.117. The molecule has 6 heteroatoms. The molecule has 0 saturated heterocycles. The van der Waals surface area contributed by atoms with Crippen LogP contribution >= 0.6 is 11.3 Å². The van der Waals surface area contributed by atoms with Crippen LogP contribution in [0.1, 0.15) is 22.8 Å². The molecule has 22 heavy (non-hydrogen) atoms.